The minimum Gasteiger partial charge on any atom is -0.399 e. The van der Waals surface area contributed by atoms with Gasteiger partial charge in [0.1, 0.15) is 11.5 Å². The Kier molecular flexibility index (Phi) is 6.78. The van der Waals surface area contributed by atoms with E-state index >= 15 is 8.78 Å². The topological polar surface area (TPSA) is 102 Å². The number of carbonyl (C=O) groups excluding carboxylic acids is 1. The van der Waals surface area contributed by atoms with Crippen LogP contribution in [0.1, 0.15) is 46.5 Å². The number of piperidine rings is 1. The lowest BCUT2D eigenvalue weighted by atomic mass is 9.92. The van der Waals surface area contributed by atoms with Gasteiger partial charge in [-0.05, 0) is 66.6 Å². The second kappa shape index (κ2) is 8.88. The Bertz CT molecular complexity index is 827. The predicted molar refractivity (Wildman–Crippen MR) is 114 cm³/mol. The second-order valence-corrected chi connectivity index (χ2v) is 9.49. The Hall–Kier alpha value is -1.97. The first-order chi connectivity index (χ1) is 14.4. The van der Waals surface area contributed by atoms with E-state index in [9.17, 15) is 15.0 Å². The molecular weight excluding hydrogens is 406 g/mol. The largest absolute Gasteiger partial charge is 0.399 e. The van der Waals surface area contributed by atoms with Gasteiger partial charge in [-0.3, -0.25) is 4.79 Å². The number of aliphatic hydroxyl groups is 2. The molecular formula is C22H34F2N4O3. The number of likely N-dealkylation sites (tertiary alicyclic amines) is 1. The van der Waals surface area contributed by atoms with Crippen molar-refractivity contribution in [3.63, 3.8) is 0 Å². The van der Waals surface area contributed by atoms with Gasteiger partial charge in [-0.2, -0.15) is 0 Å². The number of nitrogens with zero attached hydrogens (tertiary/aromatic N) is 2. The van der Waals surface area contributed by atoms with Crippen LogP contribution in [0.4, 0.5) is 8.78 Å². The molecule has 0 aromatic heterocycles. The van der Waals surface area contributed by atoms with Crippen LogP contribution in [0.25, 0.3) is 0 Å². The van der Waals surface area contributed by atoms with Crippen LogP contribution in [0.3, 0.4) is 0 Å². The van der Waals surface area contributed by atoms with Crippen LogP contribution in [-0.4, -0.2) is 70.3 Å². The smallest absolute Gasteiger partial charge is 0.183 e. The Balaban J connectivity index is 2.11. The number of nitrogens with one attached hydrogen (secondary N) is 1. The van der Waals surface area contributed by atoms with Crippen LogP contribution in [-0.2, 0) is 4.79 Å². The molecule has 2 saturated heterocycles. The average molecular weight is 441 g/mol. The quantitative estimate of drug-likeness (QED) is 0.495. The van der Waals surface area contributed by atoms with Crippen LogP contribution in [0, 0.1) is 5.92 Å². The molecule has 0 aliphatic carbocycles. The van der Waals surface area contributed by atoms with E-state index in [2.05, 4.69) is 10.2 Å². The number of aliphatic hydroxyl groups excluding tert-OH is 1. The fourth-order valence-electron chi connectivity index (χ4n) is 4.61. The van der Waals surface area contributed by atoms with E-state index in [1.807, 2.05) is 20.9 Å². The zero-order valence-corrected chi connectivity index (χ0v) is 18.7. The molecule has 174 valence electrons. The van der Waals surface area contributed by atoms with Crippen LogP contribution in [0.5, 0.6) is 0 Å². The van der Waals surface area contributed by atoms with Crippen molar-refractivity contribution in [2.75, 3.05) is 26.7 Å². The predicted octanol–water partition coefficient (Wildman–Crippen LogP) is 1.65. The number of allylic oxidation sites excluding steroid dienone is 3. The maximum atomic E-state index is 15.6. The van der Waals surface area contributed by atoms with E-state index in [4.69, 9.17) is 5.73 Å². The molecule has 7 nitrogen and oxygen atoms in total. The maximum absolute atomic E-state index is 15.6. The maximum Gasteiger partial charge on any atom is 0.183 e. The molecule has 0 spiro atoms. The third kappa shape index (κ3) is 4.63. The van der Waals surface area contributed by atoms with Gasteiger partial charge in [-0.1, -0.05) is 0 Å². The van der Waals surface area contributed by atoms with Gasteiger partial charge in [0, 0.05) is 17.3 Å². The molecule has 3 aliphatic heterocycles. The molecule has 0 radical (unpaired) electrons. The third-order valence-electron chi connectivity index (χ3n) is 6.83. The Labute approximate surface area is 182 Å². The number of fused-ring (bicyclic) bond motifs is 1. The highest BCUT2D eigenvalue weighted by Crippen LogP contribution is 2.41. The lowest BCUT2D eigenvalue weighted by Gasteiger charge is -2.37. The number of hydrogen-bond donors (Lipinski definition) is 4. The Morgan fingerprint density at radius 1 is 1.23 bits per heavy atom. The highest BCUT2D eigenvalue weighted by atomic mass is 19.1. The molecule has 3 heterocycles. The molecule has 0 aromatic rings. The zero-order chi connectivity index (χ0) is 23.1. The van der Waals surface area contributed by atoms with Gasteiger partial charge in [0.2, 0.25) is 0 Å². The first kappa shape index (κ1) is 23.7. The first-order valence-electron chi connectivity index (χ1n) is 10.8. The van der Waals surface area contributed by atoms with E-state index in [1.54, 1.807) is 4.90 Å². The standard InChI is InChI=1S/C22H34F2N4O3/c1-12-18(25)17(24)19(26-13-6-9-27(4)10-7-13)14(23)11-28-15(5-8-22(28,2)3)16(20(12)29)21(30)31/h12-13,21,26,30-31H,5-11,25H2,1-4H3/b16-15+,18-17-,19-14-. The summed E-state index contributed by atoms with van der Waals surface area (Å²) in [5.41, 5.74) is 4.84. The average Bonchev–Trinajstić information content (AvgIpc) is 2.99. The summed E-state index contributed by atoms with van der Waals surface area (Å²) in [6.45, 7) is 6.50. The first-order valence-corrected chi connectivity index (χ1v) is 10.8. The fourth-order valence-corrected chi connectivity index (χ4v) is 4.61. The van der Waals surface area contributed by atoms with Crippen LogP contribution < -0.4 is 11.1 Å². The molecule has 1 atom stereocenters. The molecule has 31 heavy (non-hydrogen) atoms. The summed E-state index contributed by atoms with van der Waals surface area (Å²) in [5, 5.41) is 22.9. The summed E-state index contributed by atoms with van der Waals surface area (Å²) in [7, 11) is 2.00. The normalized spacial score (nSPS) is 33.8. The summed E-state index contributed by atoms with van der Waals surface area (Å²) in [6, 6.07) is -0.110. The Morgan fingerprint density at radius 3 is 2.42 bits per heavy atom. The number of carbonyl (C=O) groups is 1. The SMILES string of the molecule is CC1C(=O)/C(C(O)O)=C2/CCC(C)(C)N2C/C(F)=C(NC2CCN(C)CC2)\C(F)=C/1N. The van der Waals surface area contributed by atoms with Crippen LogP contribution in [0.2, 0.25) is 0 Å². The Morgan fingerprint density at radius 2 is 1.84 bits per heavy atom. The minimum atomic E-state index is -2.06. The van der Waals surface area contributed by atoms with Crippen molar-refractivity contribution in [1.29, 1.82) is 0 Å². The highest BCUT2D eigenvalue weighted by Gasteiger charge is 2.42. The van der Waals surface area contributed by atoms with E-state index < -0.39 is 40.9 Å². The lowest BCUT2D eigenvalue weighted by Crippen LogP contribution is -2.43. The second-order valence-electron chi connectivity index (χ2n) is 9.49. The molecule has 0 amide bonds. The van der Waals surface area contributed by atoms with Crippen molar-refractivity contribution in [1.82, 2.24) is 15.1 Å². The third-order valence-corrected chi connectivity index (χ3v) is 6.83. The van der Waals surface area contributed by atoms with Crippen LogP contribution >= 0.6 is 0 Å². The van der Waals surface area contributed by atoms with Crippen LogP contribution in [0.15, 0.2) is 34.3 Å². The molecule has 0 saturated carbocycles. The highest BCUT2D eigenvalue weighted by molar-refractivity contribution is 6.00. The fraction of sp³-hybridized carbons (Fsp3) is 0.682. The van der Waals surface area contributed by atoms with E-state index in [-0.39, 0.29) is 23.9 Å². The van der Waals surface area contributed by atoms with E-state index in [0.717, 1.165) is 25.9 Å². The van der Waals surface area contributed by atoms with Crippen molar-refractivity contribution >= 4 is 5.78 Å². The molecule has 5 N–H and O–H groups in total. The molecule has 2 fully saturated rings. The zero-order valence-electron chi connectivity index (χ0n) is 18.7. The van der Waals surface area contributed by atoms with Gasteiger partial charge >= 0.3 is 0 Å². The van der Waals surface area contributed by atoms with E-state index in [1.165, 1.54) is 6.92 Å². The number of Topliss-reactive ketones (excluding diaryl/α,β-unsaturated/α-hetero) is 1. The summed E-state index contributed by atoms with van der Waals surface area (Å²) in [5.74, 6) is -3.55. The monoisotopic (exact) mass is 440 g/mol. The van der Waals surface area contributed by atoms with Gasteiger partial charge < -0.3 is 31.1 Å². The van der Waals surface area contributed by atoms with Crippen molar-refractivity contribution in [2.24, 2.45) is 11.7 Å². The summed E-state index contributed by atoms with van der Waals surface area (Å²) in [4.78, 5) is 16.9. The molecule has 9 heteroatoms. The molecule has 0 aromatic carbocycles. The number of ketones is 1. The lowest BCUT2D eigenvalue weighted by molar-refractivity contribution is -0.121. The van der Waals surface area contributed by atoms with Crippen molar-refractivity contribution in [3.05, 3.63) is 34.3 Å². The van der Waals surface area contributed by atoms with Crippen molar-refractivity contribution < 1.29 is 23.8 Å². The number of hydrogen-bond acceptors (Lipinski definition) is 7. The van der Waals surface area contributed by atoms with E-state index in [0.29, 0.717) is 18.5 Å². The van der Waals surface area contributed by atoms with Gasteiger partial charge in [0.05, 0.1) is 23.7 Å². The van der Waals surface area contributed by atoms with Gasteiger partial charge in [-0.15, -0.1) is 0 Å². The summed E-state index contributed by atoms with van der Waals surface area (Å²) in [6.07, 6.45) is 0.388. The van der Waals surface area contributed by atoms with Crippen molar-refractivity contribution in [2.45, 2.75) is 64.3 Å². The summed E-state index contributed by atoms with van der Waals surface area (Å²) >= 11 is 0. The number of halogens is 2. The number of rotatable bonds is 3. The molecule has 3 rings (SSSR count). The van der Waals surface area contributed by atoms with Crippen molar-refractivity contribution in [3.8, 4) is 0 Å². The molecule has 0 bridgehead atoms. The molecule has 3 aliphatic rings. The minimum absolute atomic E-state index is 0.110. The summed E-state index contributed by atoms with van der Waals surface area (Å²) < 4.78 is 31.0. The van der Waals surface area contributed by atoms with Gasteiger partial charge in [0.15, 0.2) is 17.9 Å². The molecule has 1 unspecified atom stereocenters. The van der Waals surface area contributed by atoms with Gasteiger partial charge in [0.25, 0.3) is 0 Å². The number of nitrogens with two attached hydrogens (primary N) is 1. The van der Waals surface area contributed by atoms with Gasteiger partial charge in [-0.25, -0.2) is 8.78 Å².